The van der Waals surface area contributed by atoms with Crippen LogP contribution in [0.25, 0.3) is 6.08 Å². The number of hydrogen-bond donors (Lipinski definition) is 0. The number of carbonyl (C=O) groups is 1. The van der Waals surface area contributed by atoms with Gasteiger partial charge in [-0.2, -0.15) is 0 Å². The van der Waals surface area contributed by atoms with Gasteiger partial charge in [0.05, 0.1) is 21.3 Å². The number of nitrogens with zero attached hydrogens (tertiary/aromatic N) is 1. The van der Waals surface area contributed by atoms with Crippen LogP contribution in [-0.4, -0.2) is 33.2 Å². The summed E-state index contributed by atoms with van der Waals surface area (Å²) in [6.07, 6.45) is 1.60. The highest BCUT2D eigenvalue weighted by Crippen LogP contribution is 2.40. The average molecular weight is 339 g/mol. The van der Waals surface area contributed by atoms with Crippen molar-refractivity contribution in [2.24, 2.45) is 4.99 Å². The minimum absolute atomic E-state index is 0.185. The van der Waals surface area contributed by atoms with Crippen LogP contribution in [0.1, 0.15) is 11.1 Å². The van der Waals surface area contributed by atoms with Gasteiger partial charge in [-0.3, -0.25) is 0 Å². The molecule has 0 fully saturated rings. The first-order chi connectivity index (χ1) is 12.2. The largest absolute Gasteiger partial charge is 0.493 e. The molecule has 1 heterocycles. The summed E-state index contributed by atoms with van der Waals surface area (Å²) in [5.41, 5.74) is 1.55. The molecule has 3 rings (SSSR count). The Bertz CT molecular complexity index is 856. The van der Waals surface area contributed by atoms with Crippen molar-refractivity contribution in [3.63, 3.8) is 0 Å². The predicted octanol–water partition coefficient (Wildman–Crippen LogP) is 3.06. The summed E-state index contributed by atoms with van der Waals surface area (Å²) in [6, 6.07) is 12.7. The minimum Gasteiger partial charge on any atom is -0.493 e. The van der Waals surface area contributed by atoms with E-state index in [9.17, 15) is 4.79 Å². The van der Waals surface area contributed by atoms with Crippen LogP contribution in [0.5, 0.6) is 17.2 Å². The molecular weight excluding hydrogens is 322 g/mol. The molecule has 0 unspecified atom stereocenters. The van der Waals surface area contributed by atoms with Crippen molar-refractivity contribution in [3.05, 3.63) is 59.3 Å². The molecule has 0 radical (unpaired) electrons. The molecule has 0 atom stereocenters. The molecule has 6 nitrogen and oxygen atoms in total. The van der Waals surface area contributed by atoms with E-state index in [1.165, 1.54) is 14.2 Å². The summed E-state index contributed by atoms with van der Waals surface area (Å²) in [4.78, 5) is 16.4. The molecule has 0 N–H and O–H groups in total. The number of cyclic esters (lactones) is 1. The van der Waals surface area contributed by atoms with Crippen LogP contribution in [-0.2, 0) is 9.53 Å². The van der Waals surface area contributed by atoms with Crippen LogP contribution < -0.4 is 14.2 Å². The second-order valence-corrected chi connectivity index (χ2v) is 5.13. The number of aliphatic imine (C=N–C) groups is 1. The molecule has 6 heteroatoms. The van der Waals surface area contributed by atoms with Crippen molar-refractivity contribution < 1.29 is 23.7 Å². The maximum Gasteiger partial charge on any atom is 0.363 e. The molecule has 1 aliphatic rings. The van der Waals surface area contributed by atoms with Crippen LogP contribution in [0.4, 0.5) is 0 Å². The minimum atomic E-state index is -0.518. The van der Waals surface area contributed by atoms with Crippen LogP contribution in [0.2, 0.25) is 0 Å². The van der Waals surface area contributed by atoms with E-state index in [0.717, 1.165) is 5.56 Å². The standard InChI is InChI=1S/C19H17NO5/c1-22-15-10-9-13(16(23-2)17(15)24-3)11-14-19(21)25-18(20-14)12-7-5-4-6-8-12/h4-11H,1-3H3/b14-11-. The maximum absolute atomic E-state index is 12.1. The Morgan fingerprint density at radius 2 is 1.64 bits per heavy atom. The van der Waals surface area contributed by atoms with Crippen molar-refractivity contribution >= 4 is 17.9 Å². The Morgan fingerprint density at radius 1 is 0.920 bits per heavy atom. The number of esters is 1. The number of hydrogen-bond acceptors (Lipinski definition) is 6. The lowest BCUT2D eigenvalue weighted by Gasteiger charge is -2.14. The summed E-state index contributed by atoms with van der Waals surface area (Å²) in [6.45, 7) is 0. The Hall–Kier alpha value is -3.28. The van der Waals surface area contributed by atoms with Crippen molar-refractivity contribution in [2.45, 2.75) is 0 Å². The molecule has 0 saturated carbocycles. The van der Waals surface area contributed by atoms with Gasteiger partial charge < -0.3 is 18.9 Å². The zero-order valence-corrected chi connectivity index (χ0v) is 14.1. The normalized spacial score (nSPS) is 14.9. The first kappa shape index (κ1) is 16.6. The second kappa shape index (κ2) is 7.09. The molecule has 0 saturated heterocycles. The summed E-state index contributed by atoms with van der Waals surface area (Å²) in [5.74, 6) is 1.18. The number of methoxy groups -OCH3 is 3. The molecular formula is C19H17NO5. The SMILES string of the molecule is COc1ccc(/C=C2\N=C(c3ccccc3)OC2=O)c(OC)c1OC. The third-order valence-electron chi connectivity index (χ3n) is 3.67. The number of ether oxygens (including phenoxy) is 4. The van der Waals surface area contributed by atoms with Crippen molar-refractivity contribution in [1.82, 2.24) is 0 Å². The highest BCUT2D eigenvalue weighted by atomic mass is 16.6. The summed E-state index contributed by atoms with van der Waals surface area (Å²) < 4.78 is 21.3. The Labute approximate surface area is 145 Å². The lowest BCUT2D eigenvalue weighted by Crippen LogP contribution is -2.05. The molecule has 0 spiro atoms. The van der Waals surface area contributed by atoms with Crippen LogP contribution in [0.15, 0.2) is 53.2 Å². The zero-order chi connectivity index (χ0) is 17.8. The van der Waals surface area contributed by atoms with E-state index in [1.54, 1.807) is 25.3 Å². The Morgan fingerprint density at radius 3 is 2.28 bits per heavy atom. The fraction of sp³-hybridized carbons (Fsp3) is 0.158. The van der Waals surface area contributed by atoms with Gasteiger partial charge in [0, 0.05) is 11.1 Å². The first-order valence-corrected chi connectivity index (χ1v) is 7.55. The van der Waals surface area contributed by atoms with Crippen LogP contribution in [0.3, 0.4) is 0 Å². The third kappa shape index (κ3) is 3.19. The first-order valence-electron chi connectivity index (χ1n) is 7.55. The zero-order valence-electron chi connectivity index (χ0n) is 14.1. The van der Waals surface area contributed by atoms with Gasteiger partial charge in [0.1, 0.15) is 0 Å². The van der Waals surface area contributed by atoms with Crippen molar-refractivity contribution in [3.8, 4) is 17.2 Å². The van der Waals surface area contributed by atoms with E-state index in [1.807, 2.05) is 30.3 Å². The number of carbonyl (C=O) groups excluding carboxylic acids is 1. The van der Waals surface area contributed by atoms with Gasteiger partial charge in [-0.25, -0.2) is 9.79 Å². The highest BCUT2D eigenvalue weighted by molar-refractivity contribution is 6.13. The quantitative estimate of drug-likeness (QED) is 0.619. The van der Waals surface area contributed by atoms with Gasteiger partial charge in [-0.1, -0.05) is 18.2 Å². The van der Waals surface area contributed by atoms with E-state index in [-0.39, 0.29) is 11.6 Å². The van der Waals surface area contributed by atoms with Gasteiger partial charge in [0.2, 0.25) is 11.6 Å². The Balaban J connectivity index is 2.03. The van der Waals surface area contributed by atoms with E-state index in [2.05, 4.69) is 4.99 Å². The Kier molecular flexibility index (Phi) is 4.70. The molecule has 0 aromatic heterocycles. The van der Waals surface area contributed by atoms with Crippen molar-refractivity contribution in [2.75, 3.05) is 21.3 Å². The van der Waals surface area contributed by atoms with E-state index in [0.29, 0.717) is 22.8 Å². The summed E-state index contributed by atoms with van der Waals surface area (Å²) in [5, 5.41) is 0. The highest BCUT2D eigenvalue weighted by Gasteiger charge is 2.25. The lowest BCUT2D eigenvalue weighted by atomic mass is 10.1. The fourth-order valence-electron chi connectivity index (χ4n) is 2.50. The molecule has 0 aliphatic carbocycles. The molecule has 128 valence electrons. The van der Waals surface area contributed by atoms with E-state index >= 15 is 0 Å². The molecule has 0 amide bonds. The fourth-order valence-corrected chi connectivity index (χ4v) is 2.50. The summed E-state index contributed by atoms with van der Waals surface area (Å²) >= 11 is 0. The number of rotatable bonds is 5. The van der Waals surface area contributed by atoms with Crippen LogP contribution in [0, 0.1) is 0 Å². The lowest BCUT2D eigenvalue weighted by molar-refractivity contribution is -0.129. The van der Waals surface area contributed by atoms with Gasteiger partial charge in [-0.15, -0.1) is 0 Å². The molecule has 0 bridgehead atoms. The van der Waals surface area contributed by atoms with Gasteiger partial charge >= 0.3 is 5.97 Å². The average Bonchev–Trinajstić information content (AvgIpc) is 3.02. The van der Waals surface area contributed by atoms with E-state index in [4.69, 9.17) is 18.9 Å². The third-order valence-corrected chi connectivity index (χ3v) is 3.67. The van der Waals surface area contributed by atoms with E-state index < -0.39 is 5.97 Å². The molecule has 1 aliphatic heterocycles. The predicted molar refractivity (Wildman–Crippen MR) is 93.1 cm³/mol. The van der Waals surface area contributed by atoms with Gasteiger partial charge in [0.25, 0.3) is 0 Å². The van der Waals surface area contributed by atoms with Gasteiger partial charge in [-0.05, 0) is 30.3 Å². The van der Waals surface area contributed by atoms with Gasteiger partial charge in [0.15, 0.2) is 17.2 Å². The smallest absolute Gasteiger partial charge is 0.363 e. The molecule has 2 aromatic carbocycles. The number of benzene rings is 2. The molecule has 2 aromatic rings. The monoisotopic (exact) mass is 339 g/mol. The van der Waals surface area contributed by atoms with Crippen LogP contribution >= 0.6 is 0 Å². The summed E-state index contributed by atoms with van der Waals surface area (Å²) in [7, 11) is 4.58. The molecule has 25 heavy (non-hydrogen) atoms. The van der Waals surface area contributed by atoms with Crippen molar-refractivity contribution in [1.29, 1.82) is 0 Å². The maximum atomic E-state index is 12.1. The second-order valence-electron chi connectivity index (χ2n) is 5.13. The topological polar surface area (TPSA) is 66.4 Å².